The predicted molar refractivity (Wildman–Crippen MR) is 102 cm³/mol. The molecule has 8 nitrogen and oxygen atoms in total. The van der Waals surface area contributed by atoms with Crippen LogP contribution in [-0.4, -0.2) is 36.8 Å². The zero-order valence-corrected chi connectivity index (χ0v) is 15.5. The summed E-state index contributed by atoms with van der Waals surface area (Å²) in [5.41, 5.74) is -1.37. The molecule has 0 spiro atoms. The van der Waals surface area contributed by atoms with E-state index in [2.05, 4.69) is 9.71 Å². The van der Waals surface area contributed by atoms with E-state index in [0.717, 1.165) is 12.3 Å². The van der Waals surface area contributed by atoms with E-state index in [1.165, 1.54) is 30.3 Å². The van der Waals surface area contributed by atoms with E-state index >= 15 is 0 Å². The molecule has 3 rings (SSSR count). The van der Waals surface area contributed by atoms with E-state index in [1.807, 2.05) is 0 Å². The second-order valence-corrected chi connectivity index (χ2v) is 7.93. The number of hydrogen-bond acceptors (Lipinski definition) is 5. The van der Waals surface area contributed by atoms with Crippen LogP contribution in [0.5, 0.6) is 0 Å². The first-order valence-electron chi connectivity index (χ1n) is 8.06. The zero-order chi connectivity index (χ0) is 20.5. The molecule has 1 aliphatic rings. The van der Waals surface area contributed by atoms with Crippen LogP contribution in [0.15, 0.2) is 65.7 Å². The van der Waals surface area contributed by atoms with Crippen molar-refractivity contribution in [2.45, 2.75) is 5.54 Å². The number of carboxylic acid groups (broad SMARTS) is 2. The van der Waals surface area contributed by atoms with Crippen LogP contribution < -0.4 is 15.3 Å². The van der Waals surface area contributed by atoms with Crippen molar-refractivity contribution >= 4 is 33.2 Å². The molecular formula is C19H16N2O6S. The number of nitrogens with zero attached hydrogens (tertiary/aromatic N) is 1. The quantitative estimate of drug-likeness (QED) is 0.604. The molecule has 28 heavy (non-hydrogen) atoms. The van der Waals surface area contributed by atoms with Crippen molar-refractivity contribution in [3.05, 3.63) is 76.8 Å². The third-order valence-electron chi connectivity index (χ3n) is 4.16. The topological polar surface area (TPSA) is 133 Å². The van der Waals surface area contributed by atoms with Gasteiger partial charge < -0.3 is 10.2 Å². The Morgan fingerprint density at radius 1 is 1.11 bits per heavy atom. The average molecular weight is 400 g/mol. The molecule has 0 aliphatic carbocycles. The smallest absolute Gasteiger partial charge is 0.341 e. The maximum atomic E-state index is 12.4. The molecular weight excluding hydrogens is 384 g/mol. The minimum Gasteiger partial charge on any atom is -0.479 e. The van der Waals surface area contributed by atoms with Gasteiger partial charge in [-0.05, 0) is 29.8 Å². The summed E-state index contributed by atoms with van der Waals surface area (Å²) >= 11 is 0. The maximum absolute atomic E-state index is 12.4. The number of anilines is 1. The van der Waals surface area contributed by atoms with Gasteiger partial charge in [0.15, 0.2) is 0 Å². The molecule has 0 fully saturated rings. The number of rotatable bonds is 6. The number of nitrogens with one attached hydrogen (secondary N) is 1. The fourth-order valence-electron chi connectivity index (χ4n) is 3.13. The summed E-state index contributed by atoms with van der Waals surface area (Å²) < 4.78 is 25.4. The molecule has 0 bridgehead atoms. The molecule has 9 heteroatoms. The van der Waals surface area contributed by atoms with Gasteiger partial charge >= 0.3 is 11.9 Å². The summed E-state index contributed by atoms with van der Waals surface area (Å²) in [6.07, 6.45) is 3.04. The van der Waals surface area contributed by atoms with E-state index < -0.39 is 27.5 Å². The highest BCUT2D eigenvalue weighted by atomic mass is 32.2. The largest absolute Gasteiger partial charge is 0.479 e. The van der Waals surface area contributed by atoms with Crippen molar-refractivity contribution in [2.24, 2.45) is 4.99 Å². The Morgan fingerprint density at radius 3 is 2.46 bits per heavy atom. The molecule has 1 atom stereocenters. The van der Waals surface area contributed by atoms with E-state index in [0.29, 0.717) is 10.6 Å². The molecule has 0 saturated carbocycles. The standard InChI is InChI=1S/C19H16N2O6S/c1-28(26,27)21-13-6-4-5-12(11-13)19(18(24)25)15(9-10-17(22)23)14-7-2-3-8-16(14)20-19/h2-11,21H,1H3,(H,22,23)(H,24,25). The lowest BCUT2D eigenvalue weighted by Gasteiger charge is -2.25. The van der Waals surface area contributed by atoms with E-state index in [9.17, 15) is 23.1 Å². The number of hydrogen-bond donors (Lipinski definition) is 3. The first-order valence-corrected chi connectivity index (χ1v) is 9.95. The average Bonchev–Trinajstić information content (AvgIpc) is 2.94. The number of sulfonamides is 1. The molecule has 1 aliphatic heterocycles. The van der Waals surface area contributed by atoms with Crippen LogP contribution in [0.3, 0.4) is 0 Å². The SMILES string of the molecule is CS(=O)(=O)Nc1cccc(C2(C(=O)O)N=c3ccccc3=C2C=CC(=O)O)c1. The molecule has 3 N–H and O–H groups in total. The number of benzene rings is 2. The van der Waals surface area contributed by atoms with Crippen molar-refractivity contribution in [1.29, 1.82) is 0 Å². The van der Waals surface area contributed by atoms with Crippen molar-refractivity contribution in [3.63, 3.8) is 0 Å². The Hall–Kier alpha value is -3.46. The van der Waals surface area contributed by atoms with Crippen LogP contribution in [0.25, 0.3) is 5.57 Å². The van der Waals surface area contributed by atoms with Gasteiger partial charge in [0, 0.05) is 22.6 Å². The van der Waals surface area contributed by atoms with Crippen LogP contribution in [-0.2, 0) is 25.2 Å². The third-order valence-corrected chi connectivity index (χ3v) is 4.76. The highest BCUT2D eigenvalue weighted by Crippen LogP contribution is 2.38. The van der Waals surface area contributed by atoms with Gasteiger partial charge in [-0.3, -0.25) is 9.71 Å². The van der Waals surface area contributed by atoms with Gasteiger partial charge in [0.2, 0.25) is 15.6 Å². The van der Waals surface area contributed by atoms with Crippen molar-refractivity contribution in [3.8, 4) is 0 Å². The molecule has 144 valence electrons. The summed E-state index contributed by atoms with van der Waals surface area (Å²) in [6, 6.07) is 12.5. The lowest BCUT2D eigenvalue weighted by atomic mass is 9.83. The summed E-state index contributed by atoms with van der Waals surface area (Å²) in [5.74, 6) is -2.55. The van der Waals surface area contributed by atoms with E-state index in [1.54, 1.807) is 24.3 Å². The third kappa shape index (κ3) is 3.52. The van der Waals surface area contributed by atoms with Crippen molar-refractivity contribution < 1.29 is 28.2 Å². The molecule has 0 amide bonds. The minimum absolute atomic E-state index is 0.174. The fraction of sp³-hybridized carbons (Fsp3) is 0.105. The molecule has 0 aromatic heterocycles. The summed E-state index contributed by atoms with van der Waals surface area (Å²) in [6.45, 7) is 0. The molecule has 0 saturated heterocycles. The molecule has 0 radical (unpaired) electrons. The van der Waals surface area contributed by atoms with Crippen LogP contribution in [0, 0.1) is 0 Å². The summed E-state index contributed by atoms with van der Waals surface area (Å²) in [7, 11) is -3.57. The first kappa shape index (κ1) is 19.3. The monoisotopic (exact) mass is 400 g/mol. The van der Waals surface area contributed by atoms with Gasteiger partial charge in [0.05, 0.1) is 11.6 Å². The Balaban J connectivity index is 2.31. The van der Waals surface area contributed by atoms with Gasteiger partial charge in [-0.25, -0.2) is 18.0 Å². The number of fused-ring (bicyclic) bond motifs is 1. The lowest BCUT2D eigenvalue weighted by molar-refractivity contribution is -0.141. The predicted octanol–water partition coefficient (Wildman–Crippen LogP) is 0.463. The van der Waals surface area contributed by atoms with Crippen LogP contribution in [0.4, 0.5) is 5.69 Å². The van der Waals surface area contributed by atoms with E-state index in [-0.39, 0.29) is 16.8 Å². The van der Waals surface area contributed by atoms with Crippen LogP contribution in [0.2, 0.25) is 0 Å². The molecule has 2 aromatic carbocycles. The zero-order valence-electron chi connectivity index (χ0n) is 14.7. The summed E-state index contributed by atoms with van der Waals surface area (Å²) in [5, 5.41) is 20.0. The Bertz CT molecular complexity index is 1230. The molecule has 1 heterocycles. The second kappa shape index (κ2) is 6.93. The number of aliphatic carboxylic acids is 2. The van der Waals surface area contributed by atoms with Gasteiger partial charge in [-0.15, -0.1) is 0 Å². The molecule has 2 aromatic rings. The van der Waals surface area contributed by atoms with Crippen LogP contribution >= 0.6 is 0 Å². The Morgan fingerprint density at radius 2 is 1.82 bits per heavy atom. The van der Waals surface area contributed by atoms with Crippen molar-refractivity contribution in [1.82, 2.24) is 0 Å². The number of carbonyl (C=O) groups is 2. The van der Waals surface area contributed by atoms with Gasteiger partial charge in [0.25, 0.3) is 0 Å². The lowest BCUT2D eigenvalue weighted by Crippen LogP contribution is -2.34. The maximum Gasteiger partial charge on any atom is 0.341 e. The number of para-hydroxylation sites is 1. The van der Waals surface area contributed by atoms with E-state index in [4.69, 9.17) is 5.11 Å². The highest BCUT2D eigenvalue weighted by Gasteiger charge is 2.46. The first-order chi connectivity index (χ1) is 13.1. The minimum atomic E-state index is -3.57. The Labute approximate surface area is 160 Å². The highest BCUT2D eigenvalue weighted by molar-refractivity contribution is 7.92. The van der Waals surface area contributed by atoms with Gasteiger partial charge in [-0.1, -0.05) is 30.3 Å². The fourth-order valence-corrected chi connectivity index (χ4v) is 3.68. The van der Waals surface area contributed by atoms with Crippen molar-refractivity contribution in [2.75, 3.05) is 11.0 Å². The second-order valence-electron chi connectivity index (χ2n) is 6.18. The molecule has 1 unspecified atom stereocenters. The Kier molecular flexibility index (Phi) is 4.78. The normalized spacial score (nSPS) is 18.5. The summed E-state index contributed by atoms with van der Waals surface area (Å²) in [4.78, 5) is 27.8. The number of carboxylic acids is 2. The van der Waals surface area contributed by atoms with Crippen LogP contribution in [0.1, 0.15) is 5.56 Å². The van der Waals surface area contributed by atoms with Gasteiger partial charge in [0.1, 0.15) is 0 Å². The van der Waals surface area contributed by atoms with Gasteiger partial charge in [-0.2, -0.15) is 0 Å².